The maximum atomic E-state index is 12.5. The zero-order valence-electron chi connectivity index (χ0n) is 17.5. The molecule has 1 atom stereocenters. The molecule has 7 nitrogen and oxygen atoms in total. The van der Waals surface area contributed by atoms with Crippen molar-refractivity contribution in [3.63, 3.8) is 0 Å². The molecule has 7 heteroatoms. The fraction of sp³-hybridized carbons (Fsp3) is 0.409. The smallest absolute Gasteiger partial charge is 0.226 e. The first kappa shape index (κ1) is 22.4. The molecule has 2 N–H and O–H groups in total. The number of carbonyl (C=O) groups excluding carboxylic acids is 1. The van der Waals surface area contributed by atoms with Crippen molar-refractivity contribution in [1.29, 1.82) is 0 Å². The van der Waals surface area contributed by atoms with Crippen LogP contribution in [0.2, 0.25) is 0 Å². The standard InChI is InChI=1S/C22H30N2O5/c1-5-18(25)15-24(17-9-7-6-8-10-17)12-11-21(26)23-16-13-19(27-2)22(29-4)20(14-16)28-3/h6-10,13-14,18,25H,5,11-12,15H2,1-4H3,(H,23,26). The van der Waals surface area contributed by atoms with Gasteiger partial charge in [0.05, 0.1) is 27.4 Å². The molecule has 0 spiro atoms. The Labute approximate surface area is 172 Å². The number of para-hydroxylation sites is 1. The van der Waals surface area contributed by atoms with Crippen LogP contribution in [0.1, 0.15) is 19.8 Å². The molecule has 0 saturated heterocycles. The van der Waals surface area contributed by atoms with Gasteiger partial charge >= 0.3 is 0 Å². The molecule has 0 radical (unpaired) electrons. The van der Waals surface area contributed by atoms with Crippen molar-refractivity contribution in [3.8, 4) is 17.2 Å². The van der Waals surface area contributed by atoms with E-state index in [1.807, 2.05) is 42.2 Å². The molecule has 0 heterocycles. The Morgan fingerprint density at radius 1 is 1.07 bits per heavy atom. The first-order valence-electron chi connectivity index (χ1n) is 9.60. The number of anilines is 2. The van der Waals surface area contributed by atoms with Crippen LogP contribution in [0.4, 0.5) is 11.4 Å². The number of ether oxygens (including phenoxy) is 3. The van der Waals surface area contributed by atoms with Gasteiger partial charge in [-0.3, -0.25) is 4.79 Å². The van der Waals surface area contributed by atoms with Gasteiger partial charge in [-0.25, -0.2) is 0 Å². The molecule has 2 rings (SSSR count). The maximum absolute atomic E-state index is 12.5. The topological polar surface area (TPSA) is 80.3 Å². The summed E-state index contributed by atoms with van der Waals surface area (Å²) in [6, 6.07) is 13.1. The summed E-state index contributed by atoms with van der Waals surface area (Å²) < 4.78 is 15.9. The fourth-order valence-corrected chi connectivity index (χ4v) is 2.96. The number of amides is 1. The molecule has 0 saturated carbocycles. The Morgan fingerprint density at radius 3 is 2.21 bits per heavy atom. The highest BCUT2D eigenvalue weighted by Gasteiger charge is 2.16. The third kappa shape index (κ3) is 6.29. The lowest BCUT2D eigenvalue weighted by molar-refractivity contribution is -0.116. The molecule has 1 amide bonds. The van der Waals surface area contributed by atoms with Crippen molar-refractivity contribution in [2.75, 3.05) is 44.6 Å². The first-order valence-corrected chi connectivity index (χ1v) is 9.60. The summed E-state index contributed by atoms with van der Waals surface area (Å²) in [5.41, 5.74) is 1.53. The van der Waals surface area contributed by atoms with E-state index < -0.39 is 6.10 Å². The minimum atomic E-state index is -0.451. The van der Waals surface area contributed by atoms with Crippen LogP contribution in [-0.2, 0) is 4.79 Å². The second-order valence-corrected chi connectivity index (χ2v) is 6.56. The molecule has 1 unspecified atom stereocenters. The molecule has 2 aromatic rings. The second-order valence-electron chi connectivity index (χ2n) is 6.56. The molecule has 158 valence electrons. The third-order valence-electron chi connectivity index (χ3n) is 4.58. The molecular weight excluding hydrogens is 372 g/mol. The minimum absolute atomic E-state index is 0.147. The van der Waals surface area contributed by atoms with Gasteiger partial charge in [0, 0.05) is 43.0 Å². The van der Waals surface area contributed by atoms with Crippen molar-refractivity contribution in [3.05, 3.63) is 42.5 Å². The van der Waals surface area contributed by atoms with Gasteiger partial charge in [-0.15, -0.1) is 0 Å². The summed E-state index contributed by atoms with van der Waals surface area (Å²) in [7, 11) is 4.58. The highest BCUT2D eigenvalue weighted by Crippen LogP contribution is 2.39. The van der Waals surface area contributed by atoms with E-state index in [1.54, 1.807) is 12.1 Å². The van der Waals surface area contributed by atoms with Gasteiger partial charge in [0.2, 0.25) is 11.7 Å². The van der Waals surface area contributed by atoms with Crippen molar-refractivity contribution >= 4 is 17.3 Å². The lowest BCUT2D eigenvalue weighted by atomic mass is 10.2. The summed E-state index contributed by atoms with van der Waals surface area (Å²) in [5, 5.41) is 12.9. The number of carbonyl (C=O) groups is 1. The summed E-state index contributed by atoms with van der Waals surface area (Å²) in [4.78, 5) is 14.6. The Balaban J connectivity index is 2.07. The SMILES string of the molecule is CCC(O)CN(CCC(=O)Nc1cc(OC)c(OC)c(OC)c1)c1ccccc1. The lowest BCUT2D eigenvalue weighted by Gasteiger charge is -2.27. The van der Waals surface area contributed by atoms with E-state index in [0.29, 0.717) is 42.4 Å². The monoisotopic (exact) mass is 402 g/mol. The average molecular weight is 402 g/mol. The number of nitrogens with zero attached hydrogens (tertiary/aromatic N) is 1. The van der Waals surface area contributed by atoms with Crippen molar-refractivity contribution in [2.24, 2.45) is 0 Å². The van der Waals surface area contributed by atoms with Crippen molar-refractivity contribution < 1.29 is 24.1 Å². The summed E-state index contributed by atoms with van der Waals surface area (Å²) >= 11 is 0. The molecule has 0 bridgehead atoms. The lowest BCUT2D eigenvalue weighted by Crippen LogP contribution is -2.34. The fourth-order valence-electron chi connectivity index (χ4n) is 2.96. The number of hydrogen-bond donors (Lipinski definition) is 2. The predicted octanol–water partition coefficient (Wildman–Crippen LogP) is 3.32. The Kier molecular flexibility index (Phi) is 8.61. The number of methoxy groups -OCH3 is 3. The van der Waals surface area contributed by atoms with Gasteiger partial charge in [-0.2, -0.15) is 0 Å². The molecule has 0 aromatic heterocycles. The van der Waals surface area contributed by atoms with E-state index in [4.69, 9.17) is 14.2 Å². The van der Waals surface area contributed by atoms with E-state index in [-0.39, 0.29) is 12.3 Å². The Morgan fingerprint density at radius 2 is 1.69 bits per heavy atom. The van der Waals surface area contributed by atoms with Gasteiger partial charge in [-0.05, 0) is 18.6 Å². The number of hydrogen-bond acceptors (Lipinski definition) is 6. The van der Waals surface area contributed by atoms with E-state index >= 15 is 0 Å². The maximum Gasteiger partial charge on any atom is 0.226 e. The van der Waals surface area contributed by atoms with Gasteiger partial charge in [0.1, 0.15) is 0 Å². The molecule has 0 aliphatic carbocycles. The normalized spacial score (nSPS) is 11.5. The number of benzene rings is 2. The molecule has 0 aliphatic rings. The zero-order valence-corrected chi connectivity index (χ0v) is 17.5. The first-order chi connectivity index (χ1) is 14.0. The van der Waals surface area contributed by atoms with Crippen LogP contribution in [0.15, 0.2) is 42.5 Å². The number of rotatable bonds is 11. The van der Waals surface area contributed by atoms with Gasteiger partial charge in [0.25, 0.3) is 0 Å². The quantitative estimate of drug-likeness (QED) is 0.600. The van der Waals surface area contributed by atoms with Crippen LogP contribution in [-0.4, -0.2) is 51.5 Å². The average Bonchev–Trinajstić information content (AvgIpc) is 2.76. The number of nitrogens with one attached hydrogen (secondary N) is 1. The second kappa shape index (κ2) is 11.2. The molecule has 29 heavy (non-hydrogen) atoms. The van der Waals surface area contributed by atoms with Crippen LogP contribution >= 0.6 is 0 Å². The van der Waals surface area contributed by atoms with Crippen molar-refractivity contribution in [1.82, 2.24) is 0 Å². The van der Waals surface area contributed by atoms with Crippen LogP contribution in [0, 0.1) is 0 Å². The highest BCUT2D eigenvalue weighted by atomic mass is 16.5. The van der Waals surface area contributed by atoms with Gasteiger partial charge < -0.3 is 29.5 Å². The molecule has 2 aromatic carbocycles. The third-order valence-corrected chi connectivity index (χ3v) is 4.58. The van der Waals surface area contributed by atoms with Crippen LogP contribution in [0.25, 0.3) is 0 Å². The number of aliphatic hydroxyl groups is 1. The van der Waals surface area contributed by atoms with E-state index in [1.165, 1.54) is 21.3 Å². The van der Waals surface area contributed by atoms with Gasteiger partial charge in [-0.1, -0.05) is 25.1 Å². The Hall–Kier alpha value is -2.93. The van der Waals surface area contributed by atoms with Crippen LogP contribution in [0.5, 0.6) is 17.2 Å². The molecular formula is C22H30N2O5. The van der Waals surface area contributed by atoms with Crippen molar-refractivity contribution in [2.45, 2.75) is 25.9 Å². The summed E-state index contributed by atoms with van der Waals surface area (Å²) in [6.07, 6.45) is 0.469. The van der Waals surface area contributed by atoms with Crippen LogP contribution in [0.3, 0.4) is 0 Å². The van der Waals surface area contributed by atoms with E-state index in [2.05, 4.69) is 5.32 Å². The highest BCUT2D eigenvalue weighted by molar-refractivity contribution is 5.91. The van der Waals surface area contributed by atoms with Gasteiger partial charge in [0.15, 0.2) is 11.5 Å². The largest absolute Gasteiger partial charge is 0.493 e. The predicted molar refractivity (Wildman–Crippen MR) is 114 cm³/mol. The summed E-state index contributed by atoms with van der Waals surface area (Å²) in [6.45, 7) is 2.89. The zero-order chi connectivity index (χ0) is 21.2. The minimum Gasteiger partial charge on any atom is -0.493 e. The van der Waals surface area contributed by atoms with E-state index in [9.17, 15) is 9.90 Å². The molecule has 0 fully saturated rings. The van der Waals surface area contributed by atoms with Crippen LogP contribution < -0.4 is 24.4 Å². The Bertz CT molecular complexity index is 757. The van der Waals surface area contributed by atoms with E-state index in [0.717, 1.165) is 5.69 Å². The number of aliphatic hydroxyl groups excluding tert-OH is 1. The summed E-state index contributed by atoms with van der Waals surface area (Å²) in [5.74, 6) is 1.27. The molecule has 0 aliphatic heterocycles.